The van der Waals surface area contributed by atoms with E-state index in [1.54, 1.807) is 0 Å². The molecule has 0 aromatic heterocycles. The highest BCUT2D eigenvalue weighted by Crippen LogP contribution is 2.44. The summed E-state index contributed by atoms with van der Waals surface area (Å²) in [5.74, 6) is 2.15. The summed E-state index contributed by atoms with van der Waals surface area (Å²) in [6.45, 7) is 12.0. The molecule has 3 nitrogen and oxygen atoms in total. The van der Waals surface area contributed by atoms with E-state index in [-0.39, 0.29) is 0 Å². The zero-order chi connectivity index (χ0) is 12.3. The van der Waals surface area contributed by atoms with Gasteiger partial charge in [0, 0.05) is 6.04 Å². The summed E-state index contributed by atoms with van der Waals surface area (Å²) in [4.78, 5) is 8.95. The van der Waals surface area contributed by atoms with Crippen molar-refractivity contribution in [3.05, 3.63) is 0 Å². The minimum atomic E-state index is 0.375. The molecule has 2 aliphatic rings. The second-order valence-corrected chi connectivity index (χ2v) is 3.19. The molecule has 0 spiro atoms. The zero-order valence-corrected chi connectivity index (χ0v) is 11.0. The Morgan fingerprint density at radius 3 is 1.80 bits per heavy atom. The van der Waals surface area contributed by atoms with E-state index in [2.05, 4.69) is 17.0 Å². The van der Waals surface area contributed by atoms with Crippen molar-refractivity contribution >= 4 is 6.47 Å². The maximum absolute atomic E-state index is 8.95. The lowest BCUT2D eigenvalue weighted by atomic mass is 10.2. The Labute approximate surface area is 94.6 Å². The lowest BCUT2D eigenvalue weighted by Crippen LogP contribution is -2.21. The Balaban J connectivity index is 0. The molecule has 1 N–H and O–H groups in total. The number of hydrogen-bond donors (Lipinski definition) is 1. The summed E-state index contributed by atoms with van der Waals surface area (Å²) < 4.78 is 3.86. The number of carbonyl (C=O) groups is 1. The molecule has 0 bridgehead atoms. The monoisotopic (exact) mass is 217 g/mol. The topological polar surface area (TPSA) is 38.3 Å². The number of hydrogen-bond acceptors (Lipinski definition) is 3. The van der Waals surface area contributed by atoms with E-state index >= 15 is 0 Å². The second-order valence-electron chi connectivity index (χ2n) is 3.19. The number of fused-ring (bicyclic) bond motifs is 1. The van der Waals surface area contributed by atoms with Crippen LogP contribution in [0.25, 0.3) is 0 Å². The van der Waals surface area contributed by atoms with E-state index in [4.69, 9.17) is 4.79 Å². The average Bonchev–Trinajstić information content (AvgIpc) is 3.04. The first-order chi connectivity index (χ1) is 7.29. The van der Waals surface area contributed by atoms with Crippen LogP contribution < -0.4 is 5.32 Å². The Kier molecular flexibility index (Phi) is 12.9. The third-order valence-electron chi connectivity index (χ3n) is 2.42. The van der Waals surface area contributed by atoms with Crippen molar-refractivity contribution in [2.24, 2.45) is 11.8 Å². The van der Waals surface area contributed by atoms with Gasteiger partial charge in [-0.05, 0) is 31.7 Å². The fraction of sp³-hybridized carbons (Fsp3) is 0.917. The van der Waals surface area contributed by atoms with Crippen LogP contribution in [0.1, 0.15) is 41.0 Å². The molecular weight excluding hydrogens is 190 g/mol. The molecule has 3 atom stereocenters. The highest BCUT2D eigenvalue weighted by Gasteiger charge is 2.45. The molecule has 15 heavy (non-hydrogen) atoms. The first-order valence-electron chi connectivity index (χ1n) is 5.99. The lowest BCUT2D eigenvalue weighted by molar-refractivity contribution is -0.126. The second kappa shape index (κ2) is 11.5. The number of rotatable bonds is 1. The minimum Gasteiger partial charge on any atom is -0.471 e. The molecule has 0 amide bonds. The first-order valence-corrected chi connectivity index (χ1v) is 5.99. The van der Waals surface area contributed by atoms with Gasteiger partial charge in [-0.25, -0.2) is 0 Å². The van der Waals surface area contributed by atoms with Crippen LogP contribution in [0.2, 0.25) is 0 Å². The average molecular weight is 217 g/mol. The maximum atomic E-state index is 8.95. The summed E-state index contributed by atoms with van der Waals surface area (Å²) in [6, 6.07) is 0.838. The van der Waals surface area contributed by atoms with Crippen LogP contribution in [0.4, 0.5) is 0 Å². The van der Waals surface area contributed by atoms with Crippen LogP contribution in [-0.2, 0) is 9.53 Å². The van der Waals surface area contributed by atoms with Gasteiger partial charge in [-0.1, -0.05) is 27.7 Å². The zero-order valence-electron chi connectivity index (χ0n) is 11.0. The van der Waals surface area contributed by atoms with Gasteiger partial charge in [0.1, 0.15) is 0 Å². The van der Waals surface area contributed by atoms with E-state index < -0.39 is 0 Å². The molecule has 2 rings (SSSR count). The normalized spacial score (nSPS) is 28.8. The first kappa shape index (κ1) is 16.8. The summed E-state index contributed by atoms with van der Waals surface area (Å²) in [5, 5.41) is 3.42. The number of methoxy groups -OCH3 is 1. The number of ether oxygens (including phenoxy) is 1. The molecule has 1 heterocycles. The smallest absolute Gasteiger partial charge is 0.292 e. The molecule has 0 radical (unpaired) electrons. The molecule has 3 unspecified atom stereocenters. The van der Waals surface area contributed by atoms with E-state index in [1.165, 1.54) is 20.1 Å². The highest BCUT2D eigenvalue weighted by molar-refractivity contribution is 5.36. The van der Waals surface area contributed by atoms with Crippen LogP contribution in [0.3, 0.4) is 0 Å². The fourth-order valence-electron chi connectivity index (χ4n) is 1.61. The lowest BCUT2D eigenvalue weighted by Gasteiger charge is -2.01. The Bertz CT molecular complexity index is 140. The fourth-order valence-corrected chi connectivity index (χ4v) is 1.61. The Hall–Kier alpha value is -0.570. The van der Waals surface area contributed by atoms with E-state index in [0.717, 1.165) is 17.9 Å². The molecule has 1 saturated carbocycles. The van der Waals surface area contributed by atoms with Crippen molar-refractivity contribution in [3.8, 4) is 0 Å². The van der Waals surface area contributed by atoms with Crippen LogP contribution >= 0.6 is 0 Å². The molecule has 1 aliphatic carbocycles. The van der Waals surface area contributed by atoms with Gasteiger partial charge in [-0.3, -0.25) is 4.79 Å². The van der Waals surface area contributed by atoms with Gasteiger partial charge >= 0.3 is 0 Å². The molecule has 1 saturated heterocycles. The van der Waals surface area contributed by atoms with E-state index in [9.17, 15) is 0 Å². The van der Waals surface area contributed by atoms with Gasteiger partial charge in [-0.15, -0.1) is 0 Å². The third-order valence-corrected chi connectivity index (χ3v) is 2.42. The van der Waals surface area contributed by atoms with Gasteiger partial charge in [-0.2, -0.15) is 0 Å². The minimum absolute atomic E-state index is 0.375. The predicted octanol–water partition coefficient (Wildman–Crippen LogP) is 2.46. The SMILES string of the molecule is CC.CC.CC1NCC2CC21.COC=O. The van der Waals surface area contributed by atoms with Gasteiger partial charge in [0.05, 0.1) is 7.11 Å². The number of nitrogens with one attached hydrogen (secondary N) is 1. The largest absolute Gasteiger partial charge is 0.471 e. The van der Waals surface area contributed by atoms with Gasteiger partial charge < -0.3 is 10.1 Å². The maximum Gasteiger partial charge on any atom is 0.292 e. The third kappa shape index (κ3) is 7.37. The number of carbonyl (C=O) groups excluding carboxylic acids is 1. The van der Waals surface area contributed by atoms with Crippen LogP contribution in [0.5, 0.6) is 0 Å². The Morgan fingerprint density at radius 2 is 1.73 bits per heavy atom. The van der Waals surface area contributed by atoms with Crippen molar-refractivity contribution in [3.63, 3.8) is 0 Å². The van der Waals surface area contributed by atoms with Crippen molar-refractivity contribution in [1.29, 1.82) is 0 Å². The molecule has 1 aliphatic heterocycles. The molecule has 92 valence electrons. The highest BCUT2D eigenvalue weighted by atomic mass is 16.5. The summed E-state index contributed by atoms with van der Waals surface area (Å²) in [5.41, 5.74) is 0. The van der Waals surface area contributed by atoms with Gasteiger partial charge in [0.25, 0.3) is 6.47 Å². The number of piperidine rings is 1. The predicted molar refractivity (Wildman–Crippen MR) is 64.8 cm³/mol. The molecule has 2 fully saturated rings. The van der Waals surface area contributed by atoms with Crippen LogP contribution in [-0.4, -0.2) is 26.2 Å². The van der Waals surface area contributed by atoms with Crippen molar-refractivity contribution in [2.45, 2.75) is 47.1 Å². The van der Waals surface area contributed by atoms with E-state index in [0.29, 0.717) is 6.47 Å². The summed E-state index contributed by atoms with van der Waals surface area (Å²) in [6.07, 6.45) is 1.51. The molecule has 0 aromatic rings. The van der Waals surface area contributed by atoms with Crippen molar-refractivity contribution < 1.29 is 9.53 Å². The van der Waals surface area contributed by atoms with Crippen LogP contribution in [0, 0.1) is 11.8 Å². The molecule has 3 heteroatoms. The van der Waals surface area contributed by atoms with E-state index in [1.807, 2.05) is 27.7 Å². The van der Waals surface area contributed by atoms with Gasteiger partial charge in [0.2, 0.25) is 0 Å². The summed E-state index contributed by atoms with van der Waals surface area (Å²) in [7, 11) is 1.31. The molecular formula is C12H27NO2. The quantitative estimate of drug-likeness (QED) is 0.686. The van der Waals surface area contributed by atoms with Crippen molar-refractivity contribution in [2.75, 3.05) is 13.7 Å². The summed E-state index contributed by atoms with van der Waals surface area (Å²) >= 11 is 0. The Morgan fingerprint density at radius 1 is 1.27 bits per heavy atom. The van der Waals surface area contributed by atoms with Gasteiger partial charge in [0.15, 0.2) is 0 Å². The van der Waals surface area contributed by atoms with Crippen LogP contribution in [0.15, 0.2) is 0 Å². The molecule has 0 aromatic carbocycles. The standard InChI is InChI=1S/C6H11N.C2H4O2.2C2H6/c1-4-6-2-5(6)3-7-4;1-4-2-3;2*1-2/h4-7H,2-3H2,1H3;2H,1H3;2*1-2H3. The van der Waals surface area contributed by atoms with Crippen molar-refractivity contribution in [1.82, 2.24) is 5.32 Å².